The van der Waals surface area contributed by atoms with E-state index < -0.39 is 0 Å². The Morgan fingerprint density at radius 3 is 3.07 bits per heavy atom. The lowest BCUT2D eigenvalue weighted by molar-refractivity contribution is -0.148. The Bertz CT molecular complexity index is 167. The van der Waals surface area contributed by atoms with Gasteiger partial charge >= 0.3 is 5.97 Å². The number of hydrogen-bond acceptors (Lipinski definition) is 4. The number of piperidine rings is 1. The molecule has 1 unspecified atom stereocenters. The lowest BCUT2D eigenvalue weighted by Crippen LogP contribution is -2.30. The fourth-order valence-corrected chi connectivity index (χ4v) is 1.67. The third-order valence-electron chi connectivity index (χ3n) is 2.45. The molecule has 1 rings (SSSR count). The topological polar surface area (TPSA) is 47.6 Å². The molecule has 1 aliphatic heterocycles. The highest BCUT2D eigenvalue weighted by Gasteiger charge is 2.13. The van der Waals surface area contributed by atoms with Crippen molar-refractivity contribution in [2.24, 2.45) is 5.92 Å². The van der Waals surface area contributed by atoms with Gasteiger partial charge in [0.25, 0.3) is 0 Å². The Hall–Kier alpha value is -0.610. The maximum Gasteiger partial charge on any atom is 0.332 e. The normalized spacial score (nSPS) is 21.9. The number of methoxy groups -OCH3 is 1. The zero-order valence-corrected chi connectivity index (χ0v) is 8.75. The second-order valence-corrected chi connectivity index (χ2v) is 3.65. The van der Waals surface area contributed by atoms with E-state index in [9.17, 15) is 4.79 Å². The zero-order chi connectivity index (χ0) is 10.2. The van der Waals surface area contributed by atoms with Crippen molar-refractivity contribution < 1.29 is 14.3 Å². The minimum Gasteiger partial charge on any atom is -0.464 e. The van der Waals surface area contributed by atoms with Crippen LogP contribution in [0.2, 0.25) is 0 Å². The van der Waals surface area contributed by atoms with E-state index in [4.69, 9.17) is 4.74 Å². The van der Waals surface area contributed by atoms with Gasteiger partial charge in [0.15, 0.2) is 0 Å². The van der Waals surface area contributed by atoms with Crippen LogP contribution in [-0.4, -0.2) is 39.4 Å². The summed E-state index contributed by atoms with van der Waals surface area (Å²) in [7, 11) is 1.49. The molecule has 0 aromatic carbocycles. The summed E-state index contributed by atoms with van der Waals surface area (Å²) in [6.07, 6.45) is 3.44. The minimum atomic E-state index is -0.267. The zero-order valence-electron chi connectivity index (χ0n) is 8.75. The van der Waals surface area contributed by atoms with Gasteiger partial charge in [-0.1, -0.05) is 0 Å². The number of rotatable bonds is 5. The van der Waals surface area contributed by atoms with Crippen molar-refractivity contribution in [2.75, 3.05) is 33.4 Å². The summed E-state index contributed by atoms with van der Waals surface area (Å²) in [5.74, 6) is 0.398. The van der Waals surface area contributed by atoms with E-state index in [0.717, 1.165) is 19.5 Å². The van der Waals surface area contributed by atoms with Crippen LogP contribution in [0.1, 0.15) is 19.3 Å². The highest BCUT2D eigenvalue weighted by molar-refractivity contribution is 5.70. The second-order valence-electron chi connectivity index (χ2n) is 3.65. The molecule has 1 N–H and O–H groups in total. The summed E-state index contributed by atoms with van der Waals surface area (Å²) >= 11 is 0. The van der Waals surface area contributed by atoms with Gasteiger partial charge < -0.3 is 14.8 Å². The van der Waals surface area contributed by atoms with Gasteiger partial charge in [-0.25, -0.2) is 4.79 Å². The smallest absolute Gasteiger partial charge is 0.332 e. The van der Waals surface area contributed by atoms with Crippen LogP contribution in [0.25, 0.3) is 0 Å². The molecule has 0 spiro atoms. The van der Waals surface area contributed by atoms with Crippen LogP contribution in [0.3, 0.4) is 0 Å². The molecular formula is C10H19NO3. The van der Waals surface area contributed by atoms with Crippen molar-refractivity contribution in [1.82, 2.24) is 5.32 Å². The average Bonchev–Trinajstić information content (AvgIpc) is 2.20. The number of carbonyl (C=O) groups excluding carboxylic acids is 1. The molecule has 1 heterocycles. The molecule has 82 valence electrons. The van der Waals surface area contributed by atoms with Crippen molar-refractivity contribution >= 4 is 5.97 Å². The van der Waals surface area contributed by atoms with Crippen LogP contribution < -0.4 is 5.32 Å². The van der Waals surface area contributed by atoms with Gasteiger partial charge in [-0.2, -0.15) is 0 Å². The van der Waals surface area contributed by atoms with Gasteiger partial charge in [0.1, 0.15) is 6.61 Å². The highest BCUT2D eigenvalue weighted by Crippen LogP contribution is 2.13. The van der Waals surface area contributed by atoms with Gasteiger partial charge in [-0.3, -0.25) is 0 Å². The highest BCUT2D eigenvalue weighted by atomic mass is 16.6. The van der Waals surface area contributed by atoms with E-state index in [1.165, 1.54) is 20.0 Å². The lowest BCUT2D eigenvalue weighted by atomic mass is 9.97. The Kier molecular flexibility index (Phi) is 5.56. The van der Waals surface area contributed by atoms with Crippen LogP contribution in [0.5, 0.6) is 0 Å². The van der Waals surface area contributed by atoms with E-state index in [1.54, 1.807) is 0 Å². The SMILES string of the molecule is COCC(=O)OCCC1CCCNC1. The van der Waals surface area contributed by atoms with Crippen LogP contribution in [0.4, 0.5) is 0 Å². The summed E-state index contributed by atoms with van der Waals surface area (Å²) in [6.45, 7) is 2.76. The van der Waals surface area contributed by atoms with E-state index in [1.807, 2.05) is 0 Å². The maximum atomic E-state index is 10.9. The fourth-order valence-electron chi connectivity index (χ4n) is 1.67. The fraction of sp³-hybridized carbons (Fsp3) is 0.900. The summed E-state index contributed by atoms with van der Waals surface area (Å²) < 4.78 is 9.65. The Balaban J connectivity index is 1.99. The van der Waals surface area contributed by atoms with E-state index in [0.29, 0.717) is 12.5 Å². The van der Waals surface area contributed by atoms with Crippen LogP contribution >= 0.6 is 0 Å². The van der Waals surface area contributed by atoms with Crippen molar-refractivity contribution in [2.45, 2.75) is 19.3 Å². The quantitative estimate of drug-likeness (QED) is 0.660. The molecule has 0 amide bonds. The molecule has 0 radical (unpaired) electrons. The first-order chi connectivity index (χ1) is 6.83. The number of carbonyl (C=O) groups is 1. The first-order valence-corrected chi connectivity index (χ1v) is 5.18. The second kappa shape index (κ2) is 6.79. The van der Waals surface area contributed by atoms with Gasteiger partial charge in [0.2, 0.25) is 0 Å². The number of esters is 1. The Morgan fingerprint density at radius 2 is 2.43 bits per heavy atom. The molecule has 4 heteroatoms. The van der Waals surface area contributed by atoms with Gasteiger partial charge in [0, 0.05) is 7.11 Å². The van der Waals surface area contributed by atoms with Crippen LogP contribution in [0.15, 0.2) is 0 Å². The third-order valence-corrected chi connectivity index (χ3v) is 2.45. The molecule has 0 aliphatic carbocycles. The maximum absolute atomic E-state index is 10.9. The van der Waals surface area contributed by atoms with Crippen molar-refractivity contribution in [3.05, 3.63) is 0 Å². The number of hydrogen-bond donors (Lipinski definition) is 1. The molecule has 0 bridgehead atoms. The van der Waals surface area contributed by atoms with Gasteiger partial charge in [-0.15, -0.1) is 0 Å². The van der Waals surface area contributed by atoms with Gasteiger partial charge in [-0.05, 0) is 38.3 Å². The predicted octanol–water partition coefficient (Wildman–Crippen LogP) is 0.566. The molecule has 1 aliphatic rings. The van der Waals surface area contributed by atoms with E-state index >= 15 is 0 Å². The first-order valence-electron chi connectivity index (χ1n) is 5.18. The van der Waals surface area contributed by atoms with E-state index in [2.05, 4.69) is 10.1 Å². The van der Waals surface area contributed by atoms with Gasteiger partial charge in [0.05, 0.1) is 6.61 Å². The molecule has 1 saturated heterocycles. The monoisotopic (exact) mass is 201 g/mol. The molecule has 0 aromatic rings. The Morgan fingerprint density at radius 1 is 1.57 bits per heavy atom. The molecule has 0 aromatic heterocycles. The summed E-state index contributed by atoms with van der Waals surface area (Å²) in [6, 6.07) is 0. The van der Waals surface area contributed by atoms with E-state index in [-0.39, 0.29) is 12.6 Å². The van der Waals surface area contributed by atoms with Crippen LogP contribution in [0, 0.1) is 5.92 Å². The molecule has 4 nitrogen and oxygen atoms in total. The van der Waals surface area contributed by atoms with Crippen molar-refractivity contribution in [3.63, 3.8) is 0 Å². The molecule has 14 heavy (non-hydrogen) atoms. The van der Waals surface area contributed by atoms with Crippen molar-refractivity contribution in [1.29, 1.82) is 0 Å². The number of nitrogens with one attached hydrogen (secondary N) is 1. The molecular weight excluding hydrogens is 182 g/mol. The number of ether oxygens (including phenoxy) is 2. The standard InChI is InChI=1S/C10H19NO3/c1-13-8-10(12)14-6-4-9-3-2-5-11-7-9/h9,11H,2-8H2,1H3. The first kappa shape index (κ1) is 11.5. The minimum absolute atomic E-state index is 0.0584. The molecule has 1 atom stereocenters. The third kappa shape index (κ3) is 4.58. The van der Waals surface area contributed by atoms with Crippen LogP contribution in [-0.2, 0) is 14.3 Å². The Labute approximate surface area is 85.0 Å². The molecule has 1 fully saturated rings. The molecule has 0 saturated carbocycles. The summed E-state index contributed by atoms with van der Waals surface area (Å²) in [5, 5.41) is 3.33. The summed E-state index contributed by atoms with van der Waals surface area (Å²) in [5.41, 5.74) is 0. The lowest BCUT2D eigenvalue weighted by Gasteiger charge is -2.22. The predicted molar refractivity (Wildman–Crippen MR) is 53.0 cm³/mol. The average molecular weight is 201 g/mol. The summed E-state index contributed by atoms with van der Waals surface area (Å²) in [4.78, 5) is 10.9. The largest absolute Gasteiger partial charge is 0.464 e. The van der Waals surface area contributed by atoms with Crippen molar-refractivity contribution in [3.8, 4) is 0 Å².